The summed E-state index contributed by atoms with van der Waals surface area (Å²) in [5.74, 6) is 0.817. The van der Waals surface area contributed by atoms with E-state index in [1.165, 1.54) is 0 Å². The van der Waals surface area contributed by atoms with Crippen molar-refractivity contribution in [3.05, 3.63) is 23.3 Å². The number of ketones is 1. The zero-order valence-corrected chi connectivity index (χ0v) is 14.5. The van der Waals surface area contributed by atoms with Crippen LogP contribution in [0.3, 0.4) is 0 Å². The Labute approximate surface area is 141 Å². The minimum absolute atomic E-state index is 0.0373. The molecule has 1 aromatic carbocycles. The van der Waals surface area contributed by atoms with E-state index < -0.39 is 10.1 Å². The third kappa shape index (κ3) is 2.15. The predicted octanol–water partition coefficient (Wildman–Crippen LogP) is 3.06. The average molecular weight is 350 g/mol. The lowest BCUT2D eigenvalue weighted by Gasteiger charge is -2.48. The van der Waals surface area contributed by atoms with Crippen molar-refractivity contribution in [3.8, 4) is 5.75 Å². The van der Waals surface area contributed by atoms with Crippen molar-refractivity contribution in [1.29, 1.82) is 0 Å². The molecule has 2 N–H and O–H groups in total. The first kappa shape index (κ1) is 16.1. The van der Waals surface area contributed by atoms with Gasteiger partial charge in [0, 0.05) is 17.9 Å². The Hall–Kier alpha value is -1.40. The maximum absolute atomic E-state index is 12.4. The molecule has 0 aromatic heterocycles. The molecular formula is C18H22O5S. The molecule has 0 bridgehead atoms. The molecule has 0 unspecified atom stereocenters. The van der Waals surface area contributed by atoms with Gasteiger partial charge < -0.3 is 5.11 Å². The molecule has 2 fully saturated rings. The van der Waals surface area contributed by atoms with E-state index in [1.54, 1.807) is 6.07 Å². The van der Waals surface area contributed by atoms with Gasteiger partial charge in [-0.1, -0.05) is 6.92 Å². The normalized spacial score (nSPS) is 35.2. The first-order valence-electron chi connectivity index (χ1n) is 8.58. The number of phenolic OH excluding ortho intramolecular Hbond substituents is 1. The number of rotatable bonds is 1. The topological polar surface area (TPSA) is 91.7 Å². The molecule has 0 radical (unpaired) electrons. The van der Waals surface area contributed by atoms with Crippen molar-refractivity contribution in [3.63, 3.8) is 0 Å². The van der Waals surface area contributed by atoms with Crippen LogP contribution in [-0.2, 0) is 21.3 Å². The molecule has 2 saturated carbocycles. The molecule has 0 spiro atoms. The highest BCUT2D eigenvalue weighted by atomic mass is 32.2. The second kappa shape index (κ2) is 5.05. The van der Waals surface area contributed by atoms with E-state index in [-0.39, 0.29) is 27.9 Å². The minimum Gasteiger partial charge on any atom is -0.508 e. The summed E-state index contributed by atoms with van der Waals surface area (Å²) in [6.07, 6.45) is 4.60. The van der Waals surface area contributed by atoms with Crippen molar-refractivity contribution in [2.24, 2.45) is 17.3 Å². The minimum atomic E-state index is -4.39. The van der Waals surface area contributed by atoms with E-state index in [0.29, 0.717) is 30.1 Å². The highest BCUT2D eigenvalue weighted by Crippen LogP contribution is 2.60. The molecule has 0 heterocycles. The van der Waals surface area contributed by atoms with Gasteiger partial charge in [0.05, 0.1) is 0 Å². The van der Waals surface area contributed by atoms with Gasteiger partial charge in [-0.2, -0.15) is 8.42 Å². The number of phenols is 1. The second-order valence-electron chi connectivity index (χ2n) is 7.83. The summed E-state index contributed by atoms with van der Waals surface area (Å²) >= 11 is 0. The lowest BCUT2D eigenvalue weighted by Crippen LogP contribution is -2.42. The van der Waals surface area contributed by atoms with Crippen LogP contribution in [0.4, 0.5) is 0 Å². The molecule has 0 saturated heterocycles. The number of hydrogen-bond acceptors (Lipinski definition) is 4. The van der Waals surface area contributed by atoms with E-state index in [2.05, 4.69) is 6.92 Å². The Kier molecular flexibility index (Phi) is 3.39. The molecule has 1 aromatic rings. The number of carbonyl (C=O) groups is 1. The van der Waals surface area contributed by atoms with Crippen LogP contribution in [0.15, 0.2) is 17.0 Å². The average Bonchev–Trinajstić information content (AvgIpc) is 2.81. The van der Waals surface area contributed by atoms with Crippen LogP contribution in [0.5, 0.6) is 5.75 Å². The van der Waals surface area contributed by atoms with E-state index in [9.17, 15) is 22.9 Å². The summed E-state index contributed by atoms with van der Waals surface area (Å²) in [6, 6.07) is 2.78. The van der Waals surface area contributed by atoms with Crippen molar-refractivity contribution in [1.82, 2.24) is 0 Å². The molecule has 5 nitrogen and oxygen atoms in total. The fourth-order valence-corrected chi connectivity index (χ4v) is 6.48. The van der Waals surface area contributed by atoms with Gasteiger partial charge in [0.1, 0.15) is 16.4 Å². The van der Waals surface area contributed by atoms with Crippen molar-refractivity contribution in [2.75, 3.05) is 0 Å². The molecule has 130 valence electrons. The van der Waals surface area contributed by atoms with Crippen molar-refractivity contribution >= 4 is 15.9 Å². The van der Waals surface area contributed by atoms with Crippen LogP contribution < -0.4 is 0 Å². The van der Waals surface area contributed by atoms with Crippen molar-refractivity contribution < 1.29 is 22.9 Å². The Morgan fingerprint density at radius 2 is 1.92 bits per heavy atom. The fourth-order valence-electron chi connectivity index (χ4n) is 5.65. The first-order valence-corrected chi connectivity index (χ1v) is 10.0. The zero-order chi connectivity index (χ0) is 17.3. The van der Waals surface area contributed by atoms with Gasteiger partial charge >= 0.3 is 0 Å². The summed E-state index contributed by atoms with van der Waals surface area (Å²) in [6.45, 7) is 2.07. The van der Waals surface area contributed by atoms with Crippen LogP contribution in [0.1, 0.15) is 56.1 Å². The number of carbonyl (C=O) groups excluding carboxylic acids is 1. The number of aromatic hydroxyl groups is 1. The fraction of sp³-hybridized carbons (Fsp3) is 0.611. The van der Waals surface area contributed by atoms with Crippen LogP contribution in [0, 0.1) is 17.3 Å². The van der Waals surface area contributed by atoms with Gasteiger partial charge in [0.25, 0.3) is 10.1 Å². The van der Waals surface area contributed by atoms with Gasteiger partial charge in [0.15, 0.2) is 0 Å². The standard InChI is InChI=1S/C18H22O5S/c1-18-7-6-13-12(14(18)4-5-16(18)20)3-2-10-8-11(19)9-15(17(10)13)24(21,22)23/h8-9,12-14,19H,2-7H2,1H3,(H,21,22,23)/t12-,13+,14+,18+/m1/s1. The van der Waals surface area contributed by atoms with Gasteiger partial charge in [-0.15, -0.1) is 0 Å². The predicted molar refractivity (Wildman–Crippen MR) is 87.5 cm³/mol. The van der Waals surface area contributed by atoms with Crippen LogP contribution in [-0.4, -0.2) is 23.9 Å². The molecule has 6 heteroatoms. The quantitative estimate of drug-likeness (QED) is 0.760. The van der Waals surface area contributed by atoms with Gasteiger partial charge in [-0.3, -0.25) is 9.35 Å². The summed E-state index contributed by atoms with van der Waals surface area (Å²) < 4.78 is 33.4. The van der Waals surface area contributed by atoms with Crippen molar-refractivity contribution in [2.45, 2.75) is 56.3 Å². The maximum Gasteiger partial charge on any atom is 0.294 e. The van der Waals surface area contributed by atoms with Gasteiger partial charge in [-0.25, -0.2) is 0 Å². The molecule has 0 amide bonds. The second-order valence-corrected chi connectivity index (χ2v) is 9.22. The molecular weight excluding hydrogens is 328 g/mol. The third-order valence-electron chi connectivity index (χ3n) is 6.75. The highest BCUT2D eigenvalue weighted by molar-refractivity contribution is 7.85. The maximum atomic E-state index is 12.4. The number of hydrogen-bond donors (Lipinski definition) is 2. The summed E-state index contributed by atoms with van der Waals surface area (Å²) in [5, 5.41) is 9.83. The Morgan fingerprint density at radius 3 is 2.62 bits per heavy atom. The molecule has 4 atom stereocenters. The molecule has 4 rings (SSSR count). The Bertz CT molecular complexity index is 828. The zero-order valence-electron chi connectivity index (χ0n) is 13.7. The number of fused-ring (bicyclic) bond motifs is 5. The SMILES string of the molecule is C[C@]12CC[C@@H]3c4c(cc(O)cc4S(=O)(=O)O)CC[C@H]3[C@@H]1CCC2=O. The summed E-state index contributed by atoms with van der Waals surface area (Å²) in [4.78, 5) is 12.2. The van der Waals surface area contributed by atoms with Crippen LogP contribution >= 0.6 is 0 Å². The Balaban J connectivity index is 1.84. The third-order valence-corrected chi connectivity index (χ3v) is 7.65. The number of aryl methyl sites for hydroxylation is 1. The summed E-state index contributed by atoms with van der Waals surface area (Å²) in [7, 11) is -4.39. The highest BCUT2D eigenvalue weighted by Gasteiger charge is 2.55. The molecule has 3 aliphatic rings. The van der Waals surface area contributed by atoms with Gasteiger partial charge in [0.2, 0.25) is 0 Å². The molecule has 3 aliphatic carbocycles. The monoisotopic (exact) mass is 350 g/mol. The lowest BCUT2D eigenvalue weighted by molar-refractivity contribution is -0.129. The van der Waals surface area contributed by atoms with E-state index in [4.69, 9.17) is 0 Å². The largest absolute Gasteiger partial charge is 0.508 e. The van der Waals surface area contributed by atoms with Crippen LogP contribution in [0.2, 0.25) is 0 Å². The van der Waals surface area contributed by atoms with E-state index in [0.717, 1.165) is 37.3 Å². The Morgan fingerprint density at radius 1 is 1.17 bits per heavy atom. The number of benzene rings is 1. The van der Waals surface area contributed by atoms with E-state index in [1.807, 2.05) is 0 Å². The lowest BCUT2D eigenvalue weighted by atomic mass is 9.55. The molecule has 24 heavy (non-hydrogen) atoms. The van der Waals surface area contributed by atoms with Gasteiger partial charge in [-0.05, 0) is 67.1 Å². The van der Waals surface area contributed by atoms with E-state index >= 15 is 0 Å². The smallest absolute Gasteiger partial charge is 0.294 e. The van der Waals surface area contributed by atoms with Crippen LogP contribution in [0.25, 0.3) is 0 Å². The number of Topliss-reactive ketones (excluding diaryl/α,β-unsaturated/α-hetero) is 1. The molecule has 0 aliphatic heterocycles. The summed E-state index contributed by atoms with van der Waals surface area (Å²) in [5.41, 5.74) is 1.22. The first-order chi connectivity index (χ1) is 11.2.